The molecule has 0 aliphatic rings. The third kappa shape index (κ3) is 3.13. The summed E-state index contributed by atoms with van der Waals surface area (Å²) in [6.07, 6.45) is 0. The van der Waals surface area contributed by atoms with E-state index in [1.54, 1.807) is 30.3 Å². The Morgan fingerprint density at radius 1 is 1.06 bits per heavy atom. The highest BCUT2D eigenvalue weighted by atomic mass is 19.1. The second-order valence-electron chi connectivity index (χ2n) is 3.73. The van der Waals surface area contributed by atoms with Crippen LogP contribution >= 0.6 is 0 Å². The van der Waals surface area contributed by atoms with Gasteiger partial charge in [0.15, 0.2) is 0 Å². The Labute approximate surface area is 105 Å². The minimum Gasteiger partial charge on any atom is -0.494 e. The molecule has 0 saturated carbocycles. The maximum absolute atomic E-state index is 13.0. The molecule has 0 radical (unpaired) electrons. The van der Waals surface area contributed by atoms with Crippen molar-refractivity contribution in [1.29, 1.82) is 0 Å². The van der Waals surface area contributed by atoms with Gasteiger partial charge in [-0.1, -0.05) is 6.07 Å². The number of nitrogens with two attached hydrogens (primary N) is 1. The highest BCUT2D eigenvalue weighted by molar-refractivity contribution is 5.51. The van der Waals surface area contributed by atoms with Crippen LogP contribution in [0.4, 0.5) is 10.1 Å². The lowest BCUT2D eigenvalue weighted by Gasteiger charge is -2.09. The smallest absolute Gasteiger partial charge is 0.133 e. The first-order valence-electron chi connectivity index (χ1n) is 5.64. The molecular weight excluding hydrogens is 233 g/mol. The molecule has 2 aromatic carbocycles. The van der Waals surface area contributed by atoms with Crippen molar-refractivity contribution in [2.75, 3.05) is 12.3 Å². The van der Waals surface area contributed by atoms with E-state index < -0.39 is 0 Å². The Hall–Kier alpha value is -2.23. The van der Waals surface area contributed by atoms with Gasteiger partial charge in [0.05, 0.1) is 6.61 Å². The van der Waals surface area contributed by atoms with Gasteiger partial charge in [-0.05, 0) is 19.1 Å². The number of halogens is 1. The zero-order valence-corrected chi connectivity index (χ0v) is 10.0. The minimum atomic E-state index is -0.346. The molecule has 0 bridgehead atoms. The molecule has 2 aromatic rings. The van der Waals surface area contributed by atoms with Crippen LogP contribution in [0.25, 0.3) is 0 Å². The Balaban J connectivity index is 2.23. The van der Waals surface area contributed by atoms with Crippen LogP contribution in [-0.2, 0) is 0 Å². The predicted molar refractivity (Wildman–Crippen MR) is 68.5 cm³/mol. The van der Waals surface area contributed by atoms with Crippen LogP contribution in [0.5, 0.6) is 17.2 Å². The van der Waals surface area contributed by atoms with Gasteiger partial charge in [-0.3, -0.25) is 0 Å². The Bertz CT molecular complexity index is 543. The van der Waals surface area contributed by atoms with Gasteiger partial charge in [-0.2, -0.15) is 0 Å². The monoisotopic (exact) mass is 247 g/mol. The Kier molecular flexibility index (Phi) is 3.67. The largest absolute Gasteiger partial charge is 0.494 e. The highest BCUT2D eigenvalue weighted by Crippen LogP contribution is 2.28. The van der Waals surface area contributed by atoms with Gasteiger partial charge >= 0.3 is 0 Å². The van der Waals surface area contributed by atoms with Crippen molar-refractivity contribution < 1.29 is 13.9 Å². The molecule has 0 heterocycles. The topological polar surface area (TPSA) is 44.5 Å². The highest BCUT2D eigenvalue weighted by Gasteiger charge is 2.03. The molecule has 0 aliphatic heterocycles. The molecular formula is C14H14FNO2. The molecule has 18 heavy (non-hydrogen) atoms. The average molecular weight is 247 g/mol. The van der Waals surface area contributed by atoms with Crippen LogP contribution < -0.4 is 15.2 Å². The molecule has 0 spiro atoms. The SMILES string of the molecule is CCOc1cc(N)cc(Oc2cccc(F)c2)c1. The summed E-state index contributed by atoms with van der Waals surface area (Å²) in [6, 6.07) is 11.0. The lowest BCUT2D eigenvalue weighted by Crippen LogP contribution is -1.95. The summed E-state index contributed by atoms with van der Waals surface area (Å²) in [5.74, 6) is 1.22. The van der Waals surface area contributed by atoms with E-state index in [0.717, 1.165) is 0 Å². The molecule has 0 fully saturated rings. The fourth-order valence-electron chi connectivity index (χ4n) is 1.57. The predicted octanol–water partition coefficient (Wildman–Crippen LogP) is 3.60. The standard InChI is InChI=1S/C14H14FNO2/c1-2-17-13-7-11(16)8-14(9-13)18-12-5-3-4-10(15)6-12/h3-9H,2,16H2,1H3. The fraction of sp³-hybridized carbons (Fsp3) is 0.143. The molecule has 94 valence electrons. The van der Waals surface area contributed by atoms with Crippen molar-refractivity contribution in [2.24, 2.45) is 0 Å². The van der Waals surface area contributed by atoms with Crippen LogP contribution in [-0.4, -0.2) is 6.61 Å². The molecule has 0 atom stereocenters. The average Bonchev–Trinajstić information content (AvgIpc) is 2.28. The van der Waals surface area contributed by atoms with Crippen molar-refractivity contribution in [1.82, 2.24) is 0 Å². The summed E-state index contributed by atoms with van der Waals surface area (Å²) in [5, 5.41) is 0. The second kappa shape index (κ2) is 5.40. The van der Waals surface area contributed by atoms with Crippen LogP contribution in [0.1, 0.15) is 6.92 Å². The molecule has 2 rings (SSSR count). The molecule has 2 N–H and O–H groups in total. The van der Waals surface area contributed by atoms with Crippen molar-refractivity contribution in [2.45, 2.75) is 6.92 Å². The molecule has 0 amide bonds. The fourth-order valence-corrected chi connectivity index (χ4v) is 1.57. The molecule has 0 aliphatic carbocycles. The van der Waals surface area contributed by atoms with Gasteiger partial charge in [-0.15, -0.1) is 0 Å². The molecule has 0 unspecified atom stereocenters. The Morgan fingerprint density at radius 2 is 1.83 bits per heavy atom. The number of rotatable bonds is 4. The van der Waals surface area contributed by atoms with E-state index >= 15 is 0 Å². The van der Waals surface area contributed by atoms with Crippen LogP contribution in [0.2, 0.25) is 0 Å². The maximum atomic E-state index is 13.0. The van der Waals surface area contributed by atoms with Crippen molar-refractivity contribution in [3.63, 3.8) is 0 Å². The molecule has 0 aromatic heterocycles. The van der Waals surface area contributed by atoms with Crippen LogP contribution in [0.3, 0.4) is 0 Å². The van der Waals surface area contributed by atoms with Gasteiger partial charge in [0, 0.05) is 30.0 Å². The van der Waals surface area contributed by atoms with E-state index in [9.17, 15) is 4.39 Å². The van der Waals surface area contributed by atoms with E-state index in [4.69, 9.17) is 15.2 Å². The van der Waals surface area contributed by atoms with E-state index in [2.05, 4.69) is 0 Å². The lowest BCUT2D eigenvalue weighted by molar-refractivity contribution is 0.338. The van der Waals surface area contributed by atoms with Crippen molar-refractivity contribution in [3.05, 3.63) is 48.3 Å². The summed E-state index contributed by atoms with van der Waals surface area (Å²) in [6.45, 7) is 2.43. The normalized spacial score (nSPS) is 10.1. The number of ether oxygens (including phenoxy) is 2. The minimum absolute atomic E-state index is 0.346. The number of benzene rings is 2. The van der Waals surface area contributed by atoms with E-state index in [1.165, 1.54) is 12.1 Å². The zero-order chi connectivity index (χ0) is 13.0. The zero-order valence-electron chi connectivity index (χ0n) is 10.0. The number of anilines is 1. The number of hydrogen-bond donors (Lipinski definition) is 1. The summed E-state index contributed by atoms with van der Waals surface area (Å²) in [5.41, 5.74) is 6.27. The number of hydrogen-bond acceptors (Lipinski definition) is 3. The first kappa shape index (κ1) is 12.2. The summed E-state index contributed by atoms with van der Waals surface area (Å²) >= 11 is 0. The van der Waals surface area contributed by atoms with E-state index in [1.807, 2.05) is 6.92 Å². The summed E-state index contributed by atoms with van der Waals surface area (Å²) < 4.78 is 23.9. The Morgan fingerprint density at radius 3 is 2.56 bits per heavy atom. The van der Waals surface area contributed by atoms with Crippen LogP contribution in [0.15, 0.2) is 42.5 Å². The molecule has 4 heteroatoms. The van der Waals surface area contributed by atoms with Gasteiger partial charge in [-0.25, -0.2) is 4.39 Å². The quantitative estimate of drug-likeness (QED) is 0.839. The van der Waals surface area contributed by atoms with Gasteiger partial charge in [0.2, 0.25) is 0 Å². The van der Waals surface area contributed by atoms with E-state index in [-0.39, 0.29) is 5.82 Å². The maximum Gasteiger partial charge on any atom is 0.133 e. The third-order valence-electron chi connectivity index (χ3n) is 2.25. The lowest BCUT2D eigenvalue weighted by atomic mass is 10.3. The molecule has 3 nitrogen and oxygen atoms in total. The first-order chi connectivity index (χ1) is 8.67. The molecule has 0 saturated heterocycles. The first-order valence-corrected chi connectivity index (χ1v) is 5.64. The second-order valence-corrected chi connectivity index (χ2v) is 3.73. The van der Waals surface area contributed by atoms with Gasteiger partial charge in [0.25, 0.3) is 0 Å². The third-order valence-corrected chi connectivity index (χ3v) is 2.25. The summed E-state index contributed by atoms with van der Waals surface area (Å²) in [7, 11) is 0. The summed E-state index contributed by atoms with van der Waals surface area (Å²) in [4.78, 5) is 0. The van der Waals surface area contributed by atoms with Gasteiger partial charge in [0.1, 0.15) is 23.1 Å². The van der Waals surface area contributed by atoms with E-state index in [0.29, 0.717) is 29.5 Å². The number of nitrogen functional groups attached to an aromatic ring is 1. The van der Waals surface area contributed by atoms with Crippen LogP contribution in [0, 0.1) is 5.82 Å². The van der Waals surface area contributed by atoms with Gasteiger partial charge < -0.3 is 15.2 Å². The van der Waals surface area contributed by atoms with Crippen molar-refractivity contribution >= 4 is 5.69 Å². The van der Waals surface area contributed by atoms with Crippen molar-refractivity contribution in [3.8, 4) is 17.2 Å².